The van der Waals surface area contributed by atoms with Crippen LogP contribution in [-0.4, -0.2) is 16.0 Å². The van der Waals surface area contributed by atoms with Gasteiger partial charge in [0, 0.05) is 17.8 Å². The van der Waals surface area contributed by atoms with Gasteiger partial charge in [-0.15, -0.1) is 0 Å². The number of carbonyl (C=O) groups is 1. The molecule has 0 unspecified atom stereocenters. The van der Waals surface area contributed by atoms with Gasteiger partial charge in [0.2, 0.25) is 0 Å². The average Bonchev–Trinajstić information content (AvgIpc) is 2.98. The van der Waals surface area contributed by atoms with Crippen molar-refractivity contribution in [2.75, 3.05) is 5.32 Å². The van der Waals surface area contributed by atoms with Gasteiger partial charge in [0.05, 0.1) is 16.9 Å². The van der Waals surface area contributed by atoms with E-state index >= 15 is 0 Å². The Morgan fingerprint density at radius 3 is 2.81 bits per heavy atom. The molecule has 3 rings (SSSR count). The van der Waals surface area contributed by atoms with Gasteiger partial charge in [-0.2, -0.15) is 0 Å². The van der Waals surface area contributed by atoms with Crippen molar-refractivity contribution in [1.82, 2.24) is 10.1 Å². The molecule has 0 atom stereocenters. The topological polar surface area (TPSA) is 68.0 Å². The number of nitrogens with one attached hydrogen (secondary N) is 1. The highest BCUT2D eigenvalue weighted by molar-refractivity contribution is 6.33. The predicted molar refractivity (Wildman–Crippen MR) is 79.1 cm³/mol. The summed E-state index contributed by atoms with van der Waals surface area (Å²) >= 11 is 6.08. The third kappa shape index (κ3) is 2.93. The number of anilines is 1. The van der Waals surface area contributed by atoms with Crippen molar-refractivity contribution in [1.29, 1.82) is 0 Å². The van der Waals surface area contributed by atoms with Crippen LogP contribution in [0.4, 0.5) is 5.69 Å². The van der Waals surface area contributed by atoms with Crippen molar-refractivity contribution >= 4 is 23.2 Å². The number of hydrogen-bond acceptors (Lipinski definition) is 4. The maximum atomic E-state index is 12.0. The number of hydrogen-bond donors (Lipinski definition) is 1. The van der Waals surface area contributed by atoms with Gasteiger partial charge >= 0.3 is 0 Å². The lowest BCUT2D eigenvalue weighted by atomic mass is 10.1. The normalized spacial score (nSPS) is 10.3. The summed E-state index contributed by atoms with van der Waals surface area (Å²) in [5.74, 6) is 0.0713. The molecule has 0 aliphatic rings. The summed E-state index contributed by atoms with van der Waals surface area (Å²) in [4.78, 5) is 16.0. The van der Waals surface area contributed by atoms with Crippen LogP contribution in [0.25, 0.3) is 11.3 Å². The highest BCUT2D eigenvalue weighted by Crippen LogP contribution is 2.28. The number of halogens is 1. The minimum absolute atomic E-state index is 0.175. The number of aromatic nitrogens is 2. The fourth-order valence-electron chi connectivity index (χ4n) is 1.80. The number of amides is 1. The number of rotatable bonds is 3. The van der Waals surface area contributed by atoms with Crippen LogP contribution >= 0.6 is 11.6 Å². The zero-order valence-corrected chi connectivity index (χ0v) is 11.5. The lowest BCUT2D eigenvalue weighted by Gasteiger charge is -2.00. The molecular weight excluding hydrogens is 290 g/mol. The Morgan fingerprint density at radius 2 is 2.05 bits per heavy atom. The molecule has 0 saturated heterocycles. The van der Waals surface area contributed by atoms with Crippen molar-refractivity contribution in [2.24, 2.45) is 0 Å². The monoisotopic (exact) mass is 299 g/mol. The molecule has 6 heteroatoms. The summed E-state index contributed by atoms with van der Waals surface area (Å²) in [7, 11) is 0. The van der Waals surface area contributed by atoms with Gasteiger partial charge in [0.1, 0.15) is 0 Å². The van der Waals surface area contributed by atoms with E-state index in [9.17, 15) is 4.79 Å². The first-order chi connectivity index (χ1) is 10.2. The number of pyridine rings is 1. The first-order valence-electron chi connectivity index (χ1n) is 6.17. The Morgan fingerprint density at radius 1 is 1.19 bits per heavy atom. The molecule has 1 N–H and O–H groups in total. The summed E-state index contributed by atoms with van der Waals surface area (Å²) < 4.78 is 5.18. The SMILES string of the molecule is O=C(Nc1cccnc1)c1cc(-c2ccccc2Cl)on1. The minimum atomic E-state index is -0.370. The van der Waals surface area contributed by atoms with Gasteiger partial charge in [-0.1, -0.05) is 28.9 Å². The number of benzene rings is 1. The van der Waals surface area contributed by atoms with E-state index in [4.69, 9.17) is 16.1 Å². The molecule has 0 aliphatic carbocycles. The Hall–Kier alpha value is -2.66. The van der Waals surface area contributed by atoms with E-state index in [1.54, 1.807) is 42.7 Å². The van der Waals surface area contributed by atoms with Gasteiger partial charge < -0.3 is 9.84 Å². The molecular formula is C15H10ClN3O2. The highest BCUT2D eigenvalue weighted by atomic mass is 35.5. The molecule has 1 amide bonds. The molecule has 3 aromatic rings. The zero-order chi connectivity index (χ0) is 14.7. The van der Waals surface area contributed by atoms with Gasteiger partial charge in [-0.25, -0.2) is 0 Å². The van der Waals surface area contributed by atoms with Crippen LogP contribution in [0, 0.1) is 0 Å². The Labute approximate surface area is 125 Å². The zero-order valence-electron chi connectivity index (χ0n) is 10.8. The van der Waals surface area contributed by atoms with E-state index in [-0.39, 0.29) is 11.6 Å². The standard InChI is InChI=1S/C15H10ClN3O2/c16-12-6-2-1-5-11(12)14-8-13(19-21-14)15(20)18-10-4-3-7-17-9-10/h1-9H,(H,18,20). The lowest BCUT2D eigenvalue weighted by molar-refractivity contribution is 0.101. The summed E-state index contributed by atoms with van der Waals surface area (Å²) in [5.41, 5.74) is 1.45. The molecule has 2 aromatic heterocycles. The summed E-state index contributed by atoms with van der Waals surface area (Å²) in [6.07, 6.45) is 3.17. The van der Waals surface area contributed by atoms with E-state index in [1.807, 2.05) is 12.1 Å². The molecule has 0 bridgehead atoms. The van der Waals surface area contributed by atoms with Crippen LogP contribution in [0.1, 0.15) is 10.5 Å². The molecule has 0 fully saturated rings. The van der Waals surface area contributed by atoms with E-state index < -0.39 is 0 Å². The quantitative estimate of drug-likeness (QED) is 0.801. The third-order valence-corrected chi connectivity index (χ3v) is 3.13. The second-order valence-electron chi connectivity index (χ2n) is 4.25. The van der Waals surface area contributed by atoms with Gasteiger partial charge in [-0.3, -0.25) is 9.78 Å². The van der Waals surface area contributed by atoms with Crippen LogP contribution in [0.15, 0.2) is 59.4 Å². The fourth-order valence-corrected chi connectivity index (χ4v) is 2.03. The smallest absolute Gasteiger partial charge is 0.277 e. The second-order valence-corrected chi connectivity index (χ2v) is 4.66. The van der Waals surface area contributed by atoms with Gasteiger partial charge in [-0.05, 0) is 24.3 Å². The molecule has 0 aliphatic heterocycles. The van der Waals surface area contributed by atoms with Crippen molar-refractivity contribution in [3.05, 3.63) is 65.6 Å². The maximum Gasteiger partial charge on any atom is 0.277 e. The summed E-state index contributed by atoms with van der Waals surface area (Å²) in [5, 5.41) is 6.98. The molecule has 1 aromatic carbocycles. The molecule has 0 saturated carbocycles. The van der Waals surface area contributed by atoms with Crippen LogP contribution in [-0.2, 0) is 0 Å². The molecule has 2 heterocycles. The first-order valence-corrected chi connectivity index (χ1v) is 6.55. The van der Waals surface area contributed by atoms with E-state index in [1.165, 1.54) is 0 Å². The van der Waals surface area contributed by atoms with E-state index in [0.29, 0.717) is 22.0 Å². The van der Waals surface area contributed by atoms with Gasteiger partial charge in [0.25, 0.3) is 5.91 Å². The molecule has 104 valence electrons. The number of nitrogens with zero attached hydrogens (tertiary/aromatic N) is 2. The third-order valence-electron chi connectivity index (χ3n) is 2.80. The van der Waals surface area contributed by atoms with E-state index in [0.717, 1.165) is 0 Å². The van der Waals surface area contributed by atoms with Crippen molar-refractivity contribution in [3.8, 4) is 11.3 Å². The largest absolute Gasteiger partial charge is 0.355 e. The van der Waals surface area contributed by atoms with Crippen molar-refractivity contribution < 1.29 is 9.32 Å². The average molecular weight is 300 g/mol. The van der Waals surface area contributed by atoms with Crippen molar-refractivity contribution in [2.45, 2.75) is 0 Å². The molecule has 21 heavy (non-hydrogen) atoms. The summed E-state index contributed by atoms with van der Waals surface area (Å²) in [6, 6.07) is 12.2. The van der Waals surface area contributed by atoms with Crippen molar-refractivity contribution in [3.63, 3.8) is 0 Å². The number of carbonyl (C=O) groups excluding carboxylic acids is 1. The maximum absolute atomic E-state index is 12.0. The summed E-state index contributed by atoms with van der Waals surface area (Å²) in [6.45, 7) is 0. The highest BCUT2D eigenvalue weighted by Gasteiger charge is 2.15. The minimum Gasteiger partial charge on any atom is -0.355 e. The van der Waals surface area contributed by atoms with Crippen LogP contribution in [0.2, 0.25) is 5.02 Å². The fraction of sp³-hybridized carbons (Fsp3) is 0. The first kappa shape index (κ1) is 13.3. The molecule has 5 nitrogen and oxygen atoms in total. The molecule has 0 spiro atoms. The van der Waals surface area contributed by atoms with Crippen LogP contribution < -0.4 is 5.32 Å². The lowest BCUT2D eigenvalue weighted by Crippen LogP contribution is -2.12. The van der Waals surface area contributed by atoms with Crippen LogP contribution in [0.3, 0.4) is 0 Å². The van der Waals surface area contributed by atoms with Crippen LogP contribution in [0.5, 0.6) is 0 Å². The Kier molecular flexibility index (Phi) is 3.66. The second kappa shape index (κ2) is 5.76. The Balaban J connectivity index is 1.82. The Bertz CT molecular complexity index is 771. The van der Waals surface area contributed by atoms with E-state index in [2.05, 4.69) is 15.5 Å². The van der Waals surface area contributed by atoms with Gasteiger partial charge in [0.15, 0.2) is 11.5 Å². The predicted octanol–water partition coefficient (Wildman–Crippen LogP) is 3.64. The molecule has 0 radical (unpaired) electrons.